The number of hydrogen-bond acceptors (Lipinski definition) is 5. The normalized spacial score (nSPS) is 17.1. The van der Waals surface area contributed by atoms with Crippen LogP contribution in [0.2, 0.25) is 0 Å². The molecular formula is C14H17N5O. The first-order valence-electron chi connectivity index (χ1n) is 6.68. The summed E-state index contributed by atoms with van der Waals surface area (Å²) in [5, 5.41) is 20.8. The van der Waals surface area contributed by atoms with Crippen molar-refractivity contribution in [2.75, 3.05) is 11.4 Å². The first-order chi connectivity index (χ1) is 9.78. The number of anilines is 1. The summed E-state index contributed by atoms with van der Waals surface area (Å²) in [4.78, 5) is 2.26. The van der Waals surface area contributed by atoms with Gasteiger partial charge in [0.2, 0.25) is 0 Å². The highest BCUT2D eigenvalue weighted by molar-refractivity contribution is 6.05. The zero-order valence-corrected chi connectivity index (χ0v) is 11.4. The van der Waals surface area contributed by atoms with Crippen LogP contribution in [0.3, 0.4) is 0 Å². The SMILES string of the molecule is Cn1cc(CN2CCC/C(=N/O)c3ccccc32)nn1. The molecule has 1 aliphatic heterocycles. The molecule has 104 valence electrons. The van der Waals surface area contributed by atoms with E-state index in [9.17, 15) is 5.21 Å². The summed E-state index contributed by atoms with van der Waals surface area (Å²) in [6.07, 6.45) is 3.66. The lowest BCUT2D eigenvalue weighted by Crippen LogP contribution is -2.23. The monoisotopic (exact) mass is 271 g/mol. The van der Waals surface area contributed by atoms with Crippen LogP contribution in [0.25, 0.3) is 0 Å². The zero-order valence-electron chi connectivity index (χ0n) is 11.4. The Morgan fingerprint density at radius 1 is 1.35 bits per heavy atom. The third kappa shape index (κ3) is 2.36. The maximum atomic E-state index is 9.19. The van der Waals surface area contributed by atoms with Gasteiger partial charge in [-0.15, -0.1) is 5.10 Å². The highest BCUT2D eigenvalue weighted by Crippen LogP contribution is 2.27. The lowest BCUT2D eigenvalue weighted by molar-refractivity contribution is 0.318. The number of aryl methyl sites for hydroxylation is 1. The molecule has 0 unspecified atom stereocenters. The van der Waals surface area contributed by atoms with Gasteiger partial charge in [-0.2, -0.15) is 0 Å². The van der Waals surface area contributed by atoms with Gasteiger partial charge in [0.05, 0.1) is 12.3 Å². The van der Waals surface area contributed by atoms with Crippen LogP contribution in [0, 0.1) is 0 Å². The number of hydrogen-bond donors (Lipinski definition) is 1. The molecule has 0 radical (unpaired) electrons. The first-order valence-corrected chi connectivity index (χ1v) is 6.68. The molecule has 20 heavy (non-hydrogen) atoms. The maximum absolute atomic E-state index is 9.19. The van der Waals surface area contributed by atoms with E-state index in [1.54, 1.807) is 4.68 Å². The van der Waals surface area contributed by atoms with Crippen molar-refractivity contribution in [2.24, 2.45) is 12.2 Å². The minimum atomic E-state index is 0.712. The van der Waals surface area contributed by atoms with E-state index in [1.165, 1.54) is 0 Å². The van der Waals surface area contributed by atoms with Crippen molar-refractivity contribution in [1.29, 1.82) is 0 Å². The van der Waals surface area contributed by atoms with Gasteiger partial charge in [-0.25, -0.2) is 0 Å². The van der Waals surface area contributed by atoms with Gasteiger partial charge in [0.25, 0.3) is 0 Å². The number of aromatic nitrogens is 3. The number of para-hydroxylation sites is 1. The van der Waals surface area contributed by atoms with Gasteiger partial charge in [0.1, 0.15) is 5.69 Å². The predicted octanol–water partition coefficient (Wildman–Crippen LogP) is 1.79. The van der Waals surface area contributed by atoms with Gasteiger partial charge in [0, 0.05) is 31.0 Å². The van der Waals surface area contributed by atoms with Crippen molar-refractivity contribution in [1.82, 2.24) is 15.0 Å². The highest BCUT2D eigenvalue weighted by atomic mass is 16.4. The molecule has 1 aromatic heterocycles. The van der Waals surface area contributed by atoms with Crippen LogP contribution in [-0.4, -0.2) is 32.5 Å². The van der Waals surface area contributed by atoms with Crippen LogP contribution < -0.4 is 4.90 Å². The quantitative estimate of drug-likeness (QED) is 0.668. The molecule has 1 aliphatic rings. The predicted molar refractivity (Wildman–Crippen MR) is 76.1 cm³/mol. The summed E-state index contributed by atoms with van der Waals surface area (Å²) < 4.78 is 1.71. The molecular weight excluding hydrogens is 254 g/mol. The van der Waals surface area contributed by atoms with Crippen LogP contribution in [0.15, 0.2) is 35.6 Å². The molecule has 0 saturated carbocycles. The molecule has 0 fully saturated rings. The van der Waals surface area contributed by atoms with Crippen molar-refractivity contribution >= 4 is 11.4 Å². The second-order valence-electron chi connectivity index (χ2n) is 4.97. The minimum absolute atomic E-state index is 0.712. The highest BCUT2D eigenvalue weighted by Gasteiger charge is 2.20. The Morgan fingerprint density at radius 2 is 2.20 bits per heavy atom. The van der Waals surface area contributed by atoms with E-state index in [-0.39, 0.29) is 0 Å². The van der Waals surface area contributed by atoms with E-state index in [0.29, 0.717) is 6.54 Å². The van der Waals surface area contributed by atoms with Crippen molar-refractivity contribution in [2.45, 2.75) is 19.4 Å². The summed E-state index contributed by atoms with van der Waals surface area (Å²) in [5.74, 6) is 0. The summed E-state index contributed by atoms with van der Waals surface area (Å²) in [6, 6.07) is 8.03. The second-order valence-corrected chi connectivity index (χ2v) is 4.97. The summed E-state index contributed by atoms with van der Waals surface area (Å²) in [5.41, 5.74) is 3.77. The van der Waals surface area contributed by atoms with Crippen LogP contribution in [0.1, 0.15) is 24.1 Å². The molecule has 0 aliphatic carbocycles. The number of rotatable bonds is 2. The van der Waals surface area contributed by atoms with E-state index >= 15 is 0 Å². The lowest BCUT2D eigenvalue weighted by Gasteiger charge is -2.23. The van der Waals surface area contributed by atoms with Crippen molar-refractivity contribution in [3.63, 3.8) is 0 Å². The summed E-state index contributed by atoms with van der Waals surface area (Å²) in [7, 11) is 1.86. The fourth-order valence-electron chi connectivity index (χ4n) is 2.62. The van der Waals surface area contributed by atoms with Crippen LogP contribution >= 0.6 is 0 Å². The first kappa shape index (κ1) is 12.7. The minimum Gasteiger partial charge on any atom is -0.411 e. The summed E-state index contributed by atoms with van der Waals surface area (Å²) >= 11 is 0. The molecule has 0 atom stereocenters. The Hall–Kier alpha value is -2.37. The molecule has 3 rings (SSSR count). The van der Waals surface area contributed by atoms with Gasteiger partial charge in [-0.1, -0.05) is 28.6 Å². The Bertz CT molecular complexity index is 634. The molecule has 0 bridgehead atoms. The van der Waals surface area contributed by atoms with E-state index in [0.717, 1.165) is 42.0 Å². The van der Waals surface area contributed by atoms with Crippen molar-refractivity contribution in [3.8, 4) is 0 Å². The fraction of sp³-hybridized carbons (Fsp3) is 0.357. The second kappa shape index (κ2) is 5.32. The van der Waals surface area contributed by atoms with E-state index in [1.807, 2.05) is 31.4 Å². The topological polar surface area (TPSA) is 66.5 Å². The standard InChI is InChI=1S/C14H17N5O/c1-18-9-11(15-17-18)10-19-8-4-6-13(16-20)12-5-2-3-7-14(12)19/h2-3,5,7,9,20H,4,6,8,10H2,1H3/b16-13-. The molecule has 1 aromatic carbocycles. The molecule has 0 amide bonds. The van der Waals surface area contributed by atoms with Crippen LogP contribution in [-0.2, 0) is 13.6 Å². The average Bonchev–Trinajstić information content (AvgIpc) is 2.79. The Morgan fingerprint density at radius 3 is 2.95 bits per heavy atom. The van der Waals surface area contributed by atoms with Crippen molar-refractivity contribution in [3.05, 3.63) is 41.7 Å². The molecule has 6 heteroatoms. The molecule has 2 aromatic rings. The van der Waals surface area contributed by atoms with Gasteiger partial charge >= 0.3 is 0 Å². The molecule has 2 heterocycles. The van der Waals surface area contributed by atoms with Crippen LogP contribution in [0.5, 0.6) is 0 Å². The number of benzene rings is 1. The summed E-state index contributed by atoms with van der Waals surface area (Å²) in [6.45, 7) is 1.62. The number of fused-ring (bicyclic) bond motifs is 1. The van der Waals surface area contributed by atoms with E-state index in [4.69, 9.17) is 0 Å². The van der Waals surface area contributed by atoms with Gasteiger partial charge in [-0.05, 0) is 18.9 Å². The Labute approximate surface area is 117 Å². The average molecular weight is 271 g/mol. The fourth-order valence-corrected chi connectivity index (χ4v) is 2.62. The molecule has 1 N–H and O–H groups in total. The largest absolute Gasteiger partial charge is 0.411 e. The number of nitrogens with zero attached hydrogens (tertiary/aromatic N) is 5. The van der Waals surface area contributed by atoms with Gasteiger partial charge in [0.15, 0.2) is 0 Å². The van der Waals surface area contributed by atoms with E-state index < -0.39 is 0 Å². The number of oxime groups is 1. The van der Waals surface area contributed by atoms with Crippen molar-refractivity contribution < 1.29 is 5.21 Å². The Balaban J connectivity index is 1.95. The smallest absolute Gasteiger partial charge is 0.102 e. The zero-order chi connectivity index (χ0) is 13.9. The molecule has 0 saturated heterocycles. The third-order valence-electron chi connectivity index (χ3n) is 3.52. The molecule has 6 nitrogen and oxygen atoms in total. The molecule has 0 spiro atoms. The van der Waals surface area contributed by atoms with Gasteiger partial charge < -0.3 is 10.1 Å². The lowest BCUT2D eigenvalue weighted by atomic mass is 10.1. The maximum Gasteiger partial charge on any atom is 0.102 e. The van der Waals surface area contributed by atoms with Crippen LogP contribution in [0.4, 0.5) is 5.69 Å². The van der Waals surface area contributed by atoms with E-state index in [2.05, 4.69) is 26.4 Å². The van der Waals surface area contributed by atoms with Gasteiger partial charge in [-0.3, -0.25) is 4.68 Å². The Kier molecular flexibility index (Phi) is 3.37. The third-order valence-corrected chi connectivity index (χ3v) is 3.52.